The van der Waals surface area contributed by atoms with Gasteiger partial charge in [-0.25, -0.2) is 0 Å². The summed E-state index contributed by atoms with van der Waals surface area (Å²) in [4.78, 5) is 2.56. The Morgan fingerprint density at radius 1 is 1.25 bits per heavy atom. The molecule has 0 aromatic heterocycles. The van der Waals surface area contributed by atoms with Crippen molar-refractivity contribution in [3.63, 3.8) is 0 Å². The van der Waals surface area contributed by atoms with Crippen molar-refractivity contribution in [1.82, 2.24) is 10.2 Å². The standard InChI is InChI=1S/C17H28N2O/c1-2-16(14-20)18-17-9-12-19(13-10-17)11-8-15-6-4-3-5-7-15/h3-7,16-18,20H,2,8-14H2,1H3. The predicted molar refractivity (Wildman–Crippen MR) is 83.9 cm³/mol. The monoisotopic (exact) mass is 276 g/mol. The van der Waals surface area contributed by atoms with Gasteiger partial charge in [-0.1, -0.05) is 37.3 Å². The highest BCUT2D eigenvalue weighted by atomic mass is 16.3. The number of piperidine rings is 1. The van der Waals surface area contributed by atoms with E-state index in [1.807, 2.05) is 0 Å². The summed E-state index contributed by atoms with van der Waals surface area (Å²) < 4.78 is 0. The molecule has 3 nitrogen and oxygen atoms in total. The maximum Gasteiger partial charge on any atom is 0.0584 e. The summed E-state index contributed by atoms with van der Waals surface area (Å²) in [6.07, 6.45) is 4.55. The van der Waals surface area contributed by atoms with Crippen LogP contribution < -0.4 is 5.32 Å². The minimum Gasteiger partial charge on any atom is -0.395 e. The minimum absolute atomic E-state index is 0.255. The Morgan fingerprint density at radius 2 is 1.95 bits per heavy atom. The molecule has 0 aliphatic carbocycles. The number of aliphatic hydroxyl groups excluding tert-OH is 1. The van der Waals surface area contributed by atoms with Gasteiger partial charge in [-0.2, -0.15) is 0 Å². The molecule has 1 aromatic rings. The van der Waals surface area contributed by atoms with Gasteiger partial charge >= 0.3 is 0 Å². The molecule has 112 valence electrons. The number of rotatable bonds is 7. The number of benzene rings is 1. The smallest absolute Gasteiger partial charge is 0.0584 e. The zero-order valence-corrected chi connectivity index (χ0v) is 12.6. The van der Waals surface area contributed by atoms with Crippen LogP contribution >= 0.6 is 0 Å². The highest BCUT2D eigenvalue weighted by molar-refractivity contribution is 5.14. The Bertz CT molecular complexity index is 357. The largest absolute Gasteiger partial charge is 0.395 e. The molecule has 0 amide bonds. The van der Waals surface area contributed by atoms with E-state index in [0.29, 0.717) is 6.04 Å². The minimum atomic E-state index is 0.255. The lowest BCUT2D eigenvalue weighted by molar-refractivity contribution is 0.171. The average Bonchev–Trinajstić information content (AvgIpc) is 2.53. The lowest BCUT2D eigenvalue weighted by Crippen LogP contribution is -2.47. The Balaban J connectivity index is 1.66. The van der Waals surface area contributed by atoms with Crippen LogP contribution in [0.15, 0.2) is 30.3 Å². The van der Waals surface area contributed by atoms with Crippen LogP contribution in [0.4, 0.5) is 0 Å². The van der Waals surface area contributed by atoms with Crippen molar-refractivity contribution in [2.75, 3.05) is 26.2 Å². The van der Waals surface area contributed by atoms with Gasteiger partial charge in [-0.05, 0) is 44.3 Å². The number of hydrogen-bond donors (Lipinski definition) is 2. The van der Waals surface area contributed by atoms with Gasteiger partial charge in [0.1, 0.15) is 0 Å². The molecule has 1 aliphatic heterocycles. The Kier molecular flexibility index (Phi) is 6.51. The molecule has 1 aliphatic rings. The molecule has 1 aromatic carbocycles. The third-order valence-corrected chi connectivity index (χ3v) is 4.33. The molecule has 0 spiro atoms. The topological polar surface area (TPSA) is 35.5 Å². The SMILES string of the molecule is CCC(CO)NC1CCN(CCc2ccccc2)CC1. The second kappa shape index (κ2) is 8.40. The van der Waals surface area contributed by atoms with Gasteiger partial charge in [0.05, 0.1) is 6.61 Å². The molecule has 1 fully saturated rings. The first-order chi connectivity index (χ1) is 9.81. The van der Waals surface area contributed by atoms with Crippen LogP contribution in [0, 0.1) is 0 Å². The highest BCUT2D eigenvalue weighted by Crippen LogP contribution is 2.12. The van der Waals surface area contributed by atoms with Gasteiger partial charge in [-0.3, -0.25) is 0 Å². The van der Waals surface area contributed by atoms with Gasteiger partial charge in [-0.15, -0.1) is 0 Å². The molecule has 1 saturated heterocycles. The summed E-state index contributed by atoms with van der Waals surface area (Å²) in [5.74, 6) is 0. The van der Waals surface area contributed by atoms with Crippen molar-refractivity contribution in [1.29, 1.82) is 0 Å². The molecule has 1 atom stereocenters. The van der Waals surface area contributed by atoms with Crippen molar-refractivity contribution >= 4 is 0 Å². The molecular formula is C17H28N2O. The first-order valence-electron chi connectivity index (χ1n) is 7.95. The molecule has 20 heavy (non-hydrogen) atoms. The summed E-state index contributed by atoms with van der Waals surface area (Å²) in [7, 11) is 0. The van der Waals surface area contributed by atoms with Gasteiger partial charge in [0, 0.05) is 18.6 Å². The number of nitrogens with one attached hydrogen (secondary N) is 1. The second-order valence-electron chi connectivity index (χ2n) is 5.81. The van der Waals surface area contributed by atoms with Crippen LogP contribution in [0.2, 0.25) is 0 Å². The fraction of sp³-hybridized carbons (Fsp3) is 0.647. The average molecular weight is 276 g/mol. The van der Waals surface area contributed by atoms with Crippen LogP contribution in [-0.2, 0) is 6.42 Å². The zero-order valence-electron chi connectivity index (χ0n) is 12.6. The van der Waals surface area contributed by atoms with Crippen LogP contribution in [0.1, 0.15) is 31.7 Å². The maximum absolute atomic E-state index is 9.25. The third kappa shape index (κ3) is 4.89. The van der Waals surface area contributed by atoms with E-state index in [2.05, 4.69) is 47.5 Å². The molecule has 1 unspecified atom stereocenters. The summed E-state index contributed by atoms with van der Waals surface area (Å²) in [6.45, 7) is 5.89. The van der Waals surface area contributed by atoms with E-state index in [1.54, 1.807) is 0 Å². The molecule has 2 rings (SSSR count). The second-order valence-corrected chi connectivity index (χ2v) is 5.81. The fourth-order valence-corrected chi connectivity index (χ4v) is 2.89. The number of nitrogens with zero attached hydrogens (tertiary/aromatic N) is 1. The number of likely N-dealkylation sites (tertiary alicyclic amines) is 1. The van der Waals surface area contributed by atoms with Gasteiger partial charge in [0.15, 0.2) is 0 Å². The summed E-state index contributed by atoms with van der Waals surface area (Å²) in [5.41, 5.74) is 1.43. The first kappa shape index (κ1) is 15.5. The first-order valence-corrected chi connectivity index (χ1v) is 7.95. The van der Waals surface area contributed by atoms with Crippen LogP contribution in [0.25, 0.3) is 0 Å². The van der Waals surface area contributed by atoms with E-state index >= 15 is 0 Å². The Hall–Kier alpha value is -0.900. The molecule has 0 saturated carbocycles. The van der Waals surface area contributed by atoms with E-state index in [0.717, 1.165) is 19.4 Å². The Morgan fingerprint density at radius 3 is 2.55 bits per heavy atom. The van der Waals surface area contributed by atoms with Gasteiger partial charge < -0.3 is 15.3 Å². The highest BCUT2D eigenvalue weighted by Gasteiger charge is 2.20. The van der Waals surface area contributed by atoms with E-state index < -0.39 is 0 Å². The van der Waals surface area contributed by atoms with Crippen molar-refractivity contribution in [2.24, 2.45) is 0 Å². The van der Waals surface area contributed by atoms with Gasteiger partial charge in [0.25, 0.3) is 0 Å². The summed E-state index contributed by atoms with van der Waals surface area (Å²) in [5, 5.41) is 12.8. The van der Waals surface area contributed by atoms with Gasteiger partial charge in [0.2, 0.25) is 0 Å². The van der Waals surface area contributed by atoms with Crippen molar-refractivity contribution < 1.29 is 5.11 Å². The molecule has 0 bridgehead atoms. The van der Waals surface area contributed by atoms with Crippen molar-refractivity contribution in [2.45, 2.75) is 44.7 Å². The van der Waals surface area contributed by atoms with E-state index in [9.17, 15) is 5.11 Å². The Labute approximate surface area is 123 Å². The van der Waals surface area contributed by atoms with Crippen LogP contribution in [0.3, 0.4) is 0 Å². The fourth-order valence-electron chi connectivity index (χ4n) is 2.89. The lowest BCUT2D eigenvalue weighted by atomic mass is 10.0. The number of hydrogen-bond acceptors (Lipinski definition) is 3. The maximum atomic E-state index is 9.25. The molecule has 3 heteroatoms. The van der Waals surface area contributed by atoms with E-state index in [-0.39, 0.29) is 12.6 Å². The predicted octanol–water partition coefficient (Wildman–Crippen LogP) is 2.05. The summed E-state index contributed by atoms with van der Waals surface area (Å²) in [6, 6.07) is 11.6. The lowest BCUT2D eigenvalue weighted by Gasteiger charge is -2.34. The molecule has 1 heterocycles. The molecular weight excluding hydrogens is 248 g/mol. The third-order valence-electron chi connectivity index (χ3n) is 4.33. The summed E-state index contributed by atoms with van der Waals surface area (Å²) >= 11 is 0. The quantitative estimate of drug-likeness (QED) is 0.800. The van der Waals surface area contributed by atoms with Crippen LogP contribution in [-0.4, -0.2) is 48.3 Å². The zero-order chi connectivity index (χ0) is 14.2. The number of aliphatic hydroxyl groups is 1. The van der Waals surface area contributed by atoms with Crippen molar-refractivity contribution in [3.05, 3.63) is 35.9 Å². The van der Waals surface area contributed by atoms with E-state index in [1.165, 1.54) is 31.5 Å². The van der Waals surface area contributed by atoms with E-state index in [4.69, 9.17) is 0 Å². The van der Waals surface area contributed by atoms with Crippen LogP contribution in [0.5, 0.6) is 0 Å². The molecule has 2 N–H and O–H groups in total. The molecule has 0 radical (unpaired) electrons. The van der Waals surface area contributed by atoms with Crippen molar-refractivity contribution in [3.8, 4) is 0 Å². The normalized spacial score (nSPS) is 19.1.